The Bertz CT molecular complexity index is 1200. The topological polar surface area (TPSA) is 127 Å². The molecule has 0 unspecified atom stereocenters. The van der Waals surface area contributed by atoms with Crippen molar-refractivity contribution in [2.75, 3.05) is 0 Å². The second-order valence-electron chi connectivity index (χ2n) is 7.69. The number of halogens is 5. The van der Waals surface area contributed by atoms with Crippen molar-refractivity contribution in [2.45, 2.75) is 37.6 Å². The number of nitrogens with zero attached hydrogens (tertiary/aromatic N) is 2. The van der Waals surface area contributed by atoms with E-state index < -0.39 is 70.2 Å². The third kappa shape index (κ3) is 4.03. The number of pyridine rings is 1. The molecule has 1 aromatic heterocycles. The summed E-state index contributed by atoms with van der Waals surface area (Å²) in [6.07, 6.45) is -6.01. The molecule has 0 bridgehead atoms. The molecule has 33 heavy (non-hydrogen) atoms. The maximum absolute atomic E-state index is 14.0. The summed E-state index contributed by atoms with van der Waals surface area (Å²) in [7, 11) is 0. The number of aromatic hydroxyl groups is 1. The Hall–Kier alpha value is -3.48. The predicted molar refractivity (Wildman–Crippen MR) is 100.0 cm³/mol. The van der Waals surface area contributed by atoms with Crippen molar-refractivity contribution in [1.82, 2.24) is 4.73 Å². The van der Waals surface area contributed by atoms with E-state index in [-0.39, 0.29) is 5.36 Å². The molecular formula is C20H18F5N3O5. The monoisotopic (exact) mass is 475 g/mol. The highest BCUT2D eigenvalue weighted by molar-refractivity contribution is 5.91. The molecule has 1 aliphatic rings. The highest BCUT2D eigenvalue weighted by Crippen LogP contribution is 2.54. The van der Waals surface area contributed by atoms with Gasteiger partial charge in [0.1, 0.15) is 11.8 Å². The van der Waals surface area contributed by atoms with Crippen LogP contribution < -0.4 is 11.1 Å². The number of hydrogen-bond donors (Lipinski definition) is 3. The van der Waals surface area contributed by atoms with E-state index in [1.165, 1.54) is 0 Å². The summed E-state index contributed by atoms with van der Waals surface area (Å²) in [5.74, 6) is -9.81. The lowest BCUT2D eigenvalue weighted by atomic mass is 9.77. The second kappa shape index (κ2) is 8.14. The molecule has 0 saturated carbocycles. The number of hydrogen-bond acceptors (Lipinski definition) is 5. The second-order valence-corrected chi connectivity index (χ2v) is 7.69. The van der Waals surface area contributed by atoms with Gasteiger partial charge in [0, 0.05) is 23.6 Å². The van der Waals surface area contributed by atoms with Gasteiger partial charge in [-0.3, -0.25) is 9.59 Å². The number of rotatable bonds is 3. The number of phenols is 1. The minimum absolute atomic E-state index is 0.246. The molecule has 0 radical (unpaired) electrons. The van der Waals surface area contributed by atoms with Gasteiger partial charge in [0.25, 0.3) is 11.8 Å². The molecule has 2 aromatic rings. The van der Waals surface area contributed by atoms with E-state index in [0.717, 1.165) is 31.3 Å². The van der Waals surface area contributed by atoms with Crippen LogP contribution in [-0.4, -0.2) is 44.7 Å². The Morgan fingerprint density at radius 3 is 2.45 bits per heavy atom. The van der Waals surface area contributed by atoms with E-state index in [0.29, 0.717) is 17.7 Å². The minimum atomic E-state index is -4.97. The van der Waals surface area contributed by atoms with E-state index in [1.54, 1.807) is 0 Å². The summed E-state index contributed by atoms with van der Waals surface area (Å²) in [5, 5.41) is 19.4. The van der Waals surface area contributed by atoms with Gasteiger partial charge in [0.05, 0.1) is 5.36 Å². The molecule has 178 valence electrons. The zero-order valence-electron chi connectivity index (χ0n) is 17.1. The van der Waals surface area contributed by atoms with Crippen molar-refractivity contribution in [2.24, 2.45) is 16.6 Å². The van der Waals surface area contributed by atoms with Crippen LogP contribution in [-0.2, 0) is 9.53 Å². The number of alkyl halides is 3. The van der Waals surface area contributed by atoms with E-state index in [4.69, 9.17) is 10.5 Å². The fourth-order valence-corrected chi connectivity index (χ4v) is 3.76. The largest absolute Gasteiger partial charge is 0.505 e. The molecule has 2 heterocycles. The highest BCUT2D eigenvalue weighted by atomic mass is 19.4. The third-order valence-electron chi connectivity index (χ3n) is 5.78. The van der Waals surface area contributed by atoms with Crippen LogP contribution in [0.4, 0.5) is 22.0 Å². The van der Waals surface area contributed by atoms with Crippen LogP contribution in [0.5, 0.6) is 5.75 Å². The molecule has 1 aromatic carbocycles. The van der Waals surface area contributed by atoms with Crippen LogP contribution >= 0.6 is 0 Å². The molecule has 1 saturated heterocycles. The number of phenolic OH excluding ortho intramolecular Hbond substituents is 1. The molecular weight excluding hydrogens is 457 g/mol. The summed E-state index contributed by atoms with van der Waals surface area (Å²) in [5.41, 5.74) is 1.25. The van der Waals surface area contributed by atoms with E-state index in [2.05, 4.69) is 4.99 Å². The van der Waals surface area contributed by atoms with Crippen molar-refractivity contribution < 1.29 is 46.6 Å². The number of benzene rings is 1. The van der Waals surface area contributed by atoms with Crippen LogP contribution in [0.2, 0.25) is 0 Å². The van der Waals surface area contributed by atoms with Crippen LogP contribution in [0.3, 0.4) is 0 Å². The van der Waals surface area contributed by atoms with Gasteiger partial charge in [-0.05, 0) is 25.1 Å². The number of primary amides is 1. The Balaban J connectivity index is 2.15. The van der Waals surface area contributed by atoms with Gasteiger partial charge in [0.15, 0.2) is 17.2 Å². The average molecular weight is 475 g/mol. The SMILES string of the molecule is C[C@H]1[C@@H](c2ccc(F)c(F)c2O)[C@H](C(=O)N=c2ccn(O)c(C(N)=O)c2)O[C@@]1(C)C(F)(F)F. The van der Waals surface area contributed by atoms with Gasteiger partial charge in [0.2, 0.25) is 5.82 Å². The Morgan fingerprint density at radius 2 is 1.88 bits per heavy atom. The van der Waals surface area contributed by atoms with Gasteiger partial charge in [-0.25, -0.2) is 9.38 Å². The zero-order chi connectivity index (χ0) is 24.9. The molecule has 13 heteroatoms. The highest BCUT2D eigenvalue weighted by Gasteiger charge is 2.65. The number of amides is 2. The van der Waals surface area contributed by atoms with Crippen LogP contribution in [0.1, 0.15) is 35.8 Å². The Kier molecular flexibility index (Phi) is 5.96. The van der Waals surface area contributed by atoms with Crippen molar-refractivity contribution >= 4 is 11.8 Å². The Morgan fingerprint density at radius 1 is 1.24 bits per heavy atom. The first-order chi connectivity index (χ1) is 15.2. The molecule has 4 N–H and O–H groups in total. The number of nitrogens with two attached hydrogens (primary N) is 1. The van der Waals surface area contributed by atoms with Gasteiger partial charge >= 0.3 is 6.18 Å². The van der Waals surface area contributed by atoms with E-state index >= 15 is 0 Å². The average Bonchev–Trinajstić information content (AvgIpc) is 3.00. The first kappa shape index (κ1) is 24.2. The van der Waals surface area contributed by atoms with Gasteiger partial charge < -0.3 is 20.8 Å². The van der Waals surface area contributed by atoms with Crippen LogP contribution in [0.15, 0.2) is 35.5 Å². The summed E-state index contributed by atoms with van der Waals surface area (Å²) in [6, 6.07) is 3.44. The van der Waals surface area contributed by atoms with Crippen molar-refractivity contribution in [3.63, 3.8) is 0 Å². The first-order valence-electron chi connectivity index (χ1n) is 9.40. The lowest BCUT2D eigenvalue weighted by molar-refractivity contribution is -0.272. The number of ether oxygens (including phenoxy) is 1. The Labute approximate surface area is 182 Å². The summed E-state index contributed by atoms with van der Waals surface area (Å²) in [4.78, 5) is 27.9. The zero-order valence-corrected chi connectivity index (χ0v) is 17.1. The molecule has 1 fully saturated rings. The number of carbonyl (C=O) groups excluding carboxylic acids is 2. The molecule has 0 aliphatic carbocycles. The molecule has 4 atom stereocenters. The van der Waals surface area contributed by atoms with Crippen molar-refractivity contribution in [1.29, 1.82) is 0 Å². The maximum Gasteiger partial charge on any atom is 0.417 e. The summed E-state index contributed by atoms with van der Waals surface area (Å²) < 4.78 is 74.4. The first-order valence-corrected chi connectivity index (χ1v) is 9.40. The van der Waals surface area contributed by atoms with Crippen molar-refractivity contribution in [3.8, 4) is 5.75 Å². The smallest absolute Gasteiger partial charge is 0.417 e. The normalized spacial score (nSPS) is 25.9. The van der Waals surface area contributed by atoms with Gasteiger partial charge in [-0.1, -0.05) is 13.0 Å². The van der Waals surface area contributed by atoms with Crippen LogP contribution in [0, 0.1) is 17.6 Å². The fraction of sp³-hybridized carbons (Fsp3) is 0.350. The van der Waals surface area contributed by atoms with Gasteiger partial charge in [-0.15, -0.1) is 0 Å². The molecule has 0 spiro atoms. The molecule has 1 aliphatic heterocycles. The quantitative estimate of drug-likeness (QED) is 0.464. The maximum atomic E-state index is 14.0. The number of carbonyl (C=O) groups is 2. The number of aromatic nitrogens is 1. The third-order valence-corrected chi connectivity index (χ3v) is 5.78. The predicted octanol–water partition coefficient (Wildman–Crippen LogP) is 2.38. The van der Waals surface area contributed by atoms with Gasteiger partial charge in [-0.2, -0.15) is 22.3 Å². The summed E-state index contributed by atoms with van der Waals surface area (Å²) >= 11 is 0. The summed E-state index contributed by atoms with van der Waals surface area (Å²) in [6.45, 7) is 1.78. The molecule has 3 rings (SSSR count). The van der Waals surface area contributed by atoms with Crippen LogP contribution in [0.25, 0.3) is 0 Å². The fourth-order valence-electron chi connectivity index (χ4n) is 3.76. The molecule has 8 nitrogen and oxygen atoms in total. The standard InChI is InChI=1S/C20H18F5N3O5/c1-8-13(10-3-4-11(21)14(22)15(10)29)16(33-19(8,2)20(23,24)25)18(31)27-9-5-6-28(32)12(7-9)17(26)30/h3-8,13,16,29,32H,1-2H3,(H2,26,30)/t8-,13-,16+,19+/m0/s1. The van der Waals surface area contributed by atoms with Crippen molar-refractivity contribution in [3.05, 3.63) is 58.7 Å². The van der Waals surface area contributed by atoms with E-state index in [9.17, 15) is 41.9 Å². The lowest BCUT2D eigenvalue weighted by Crippen LogP contribution is -2.47. The molecule has 2 amide bonds. The minimum Gasteiger partial charge on any atom is -0.505 e. The lowest BCUT2D eigenvalue weighted by Gasteiger charge is -2.31. The van der Waals surface area contributed by atoms with E-state index in [1.807, 2.05) is 0 Å².